The Bertz CT molecular complexity index is 525. The van der Waals surface area contributed by atoms with Crippen LogP contribution in [0, 0.1) is 0 Å². The number of benzene rings is 1. The molecule has 1 rings (SSSR count). The van der Waals surface area contributed by atoms with Gasteiger partial charge in [0.15, 0.2) is 6.10 Å². The molecule has 2 atom stereocenters. The standard InChI is InChI=1S/C16H24N2O4/c1-11(14(20)15(21)17-16(2,3)4)18(10-19)12-8-6-7-9-13(12)22-5/h6-11,14,20H,1-5H3,(H,17,21). The van der Waals surface area contributed by atoms with Gasteiger partial charge in [0.05, 0.1) is 18.8 Å². The molecule has 0 heterocycles. The second-order valence-electron chi connectivity index (χ2n) is 6.11. The Morgan fingerprint density at radius 3 is 2.45 bits per heavy atom. The highest BCUT2D eigenvalue weighted by Gasteiger charge is 2.30. The summed E-state index contributed by atoms with van der Waals surface area (Å²) in [5.74, 6) is -0.0355. The number of aliphatic hydroxyl groups is 1. The lowest BCUT2D eigenvalue weighted by Crippen LogP contribution is -2.53. The van der Waals surface area contributed by atoms with Gasteiger partial charge in [-0.25, -0.2) is 0 Å². The van der Waals surface area contributed by atoms with Crippen molar-refractivity contribution in [1.29, 1.82) is 0 Å². The third kappa shape index (κ3) is 4.46. The normalized spacial score (nSPS) is 13.9. The highest BCUT2D eigenvalue weighted by molar-refractivity contribution is 5.86. The number of hydrogen-bond acceptors (Lipinski definition) is 4. The molecule has 0 saturated heterocycles. The van der Waals surface area contributed by atoms with Crippen molar-refractivity contribution in [3.63, 3.8) is 0 Å². The van der Waals surface area contributed by atoms with Crippen LogP contribution in [0.3, 0.4) is 0 Å². The summed E-state index contributed by atoms with van der Waals surface area (Å²) in [6.45, 7) is 7.06. The molecule has 2 unspecified atom stereocenters. The molecule has 0 aromatic heterocycles. The first-order valence-electron chi connectivity index (χ1n) is 7.08. The first-order chi connectivity index (χ1) is 10.2. The fourth-order valence-corrected chi connectivity index (χ4v) is 2.03. The van der Waals surface area contributed by atoms with Gasteiger partial charge in [0.1, 0.15) is 5.75 Å². The summed E-state index contributed by atoms with van der Waals surface area (Å²) in [7, 11) is 1.50. The molecule has 6 nitrogen and oxygen atoms in total. The first kappa shape index (κ1) is 18.0. The molecule has 2 N–H and O–H groups in total. The summed E-state index contributed by atoms with van der Waals surface area (Å²) >= 11 is 0. The minimum atomic E-state index is -1.35. The second-order valence-corrected chi connectivity index (χ2v) is 6.11. The zero-order chi connectivity index (χ0) is 16.9. The van der Waals surface area contributed by atoms with Gasteiger partial charge in [0.25, 0.3) is 5.91 Å². The summed E-state index contributed by atoms with van der Waals surface area (Å²) in [6, 6.07) is 6.19. The van der Waals surface area contributed by atoms with Crippen LogP contribution in [0.25, 0.3) is 0 Å². The minimum Gasteiger partial charge on any atom is -0.495 e. The van der Waals surface area contributed by atoms with Crippen molar-refractivity contribution in [1.82, 2.24) is 5.32 Å². The van der Waals surface area contributed by atoms with Crippen molar-refractivity contribution in [2.45, 2.75) is 45.4 Å². The number of anilines is 1. The Morgan fingerprint density at radius 1 is 1.36 bits per heavy atom. The fraction of sp³-hybridized carbons (Fsp3) is 0.500. The number of carbonyl (C=O) groups excluding carboxylic acids is 2. The Kier molecular flexibility index (Phi) is 5.93. The Morgan fingerprint density at radius 2 is 1.95 bits per heavy atom. The van der Waals surface area contributed by atoms with E-state index in [4.69, 9.17) is 4.74 Å². The quantitative estimate of drug-likeness (QED) is 0.777. The summed E-state index contributed by atoms with van der Waals surface area (Å²) in [5, 5.41) is 12.9. The monoisotopic (exact) mass is 308 g/mol. The maximum atomic E-state index is 12.1. The van der Waals surface area contributed by atoms with Crippen molar-refractivity contribution in [2.24, 2.45) is 0 Å². The fourth-order valence-electron chi connectivity index (χ4n) is 2.03. The minimum absolute atomic E-state index is 0.464. The van der Waals surface area contributed by atoms with Gasteiger partial charge in [0.2, 0.25) is 6.41 Å². The number of aliphatic hydroxyl groups excluding tert-OH is 1. The van der Waals surface area contributed by atoms with Crippen LogP contribution in [0.15, 0.2) is 24.3 Å². The van der Waals surface area contributed by atoms with E-state index in [9.17, 15) is 14.7 Å². The molecule has 6 heteroatoms. The first-order valence-corrected chi connectivity index (χ1v) is 7.08. The van der Waals surface area contributed by atoms with Crippen molar-refractivity contribution in [3.05, 3.63) is 24.3 Å². The number of methoxy groups -OCH3 is 1. The molecule has 0 bridgehead atoms. The van der Waals surface area contributed by atoms with E-state index in [-0.39, 0.29) is 0 Å². The number of rotatable bonds is 6. The predicted octanol–water partition coefficient (Wildman–Crippen LogP) is 1.32. The lowest BCUT2D eigenvalue weighted by molar-refractivity contribution is -0.131. The van der Waals surface area contributed by atoms with E-state index >= 15 is 0 Å². The van der Waals surface area contributed by atoms with Crippen LogP contribution >= 0.6 is 0 Å². The average Bonchev–Trinajstić information content (AvgIpc) is 2.45. The Labute approximate surface area is 131 Å². The van der Waals surface area contributed by atoms with Crippen LogP contribution in [0.5, 0.6) is 5.75 Å². The van der Waals surface area contributed by atoms with Crippen LogP contribution in [-0.4, -0.2) is 42.2 Å². The molecule has 0 aliphatic rings. The van der Waals surface area contributed by atoms with Gasteiger partial charge >= 0.3 is 0 Å². The lowest BCUT2D eigenvalue weighted by atomic mass is 10.1. The van der Waals surface area contributed by atoms with Crippen molar-refractivity contribution in [3.8, 4) is 5.75 Å². The molecule has 0 fully saturated rings. The predicted molar refractivity (Wildman–Crippen MR) is 84.9 cm³/mol. The number of amides is 2. The summed E-state index contributed by atoms with van der Waals surface area (Å²) < 4.78 is 5.22. The van der Waals surface area contributed by atoms with Gasteiger partial charge in [-0.2, -0.15) is 0 Å². The SMILES string of the molecule is COc1ccccc1N(C=O)C(C)C(O)C(=O)NC(C)(C)C. The van der Waals surface area contributed by atoms with Crippen LogP contribution in [0.2, 0.25) is 0 Å². The summed E-state index contributed by atoms with van der Waals surface area (Å²) in [6.07, 6.45) is -0.773. The third-order valence-corrected chi connectivity index (χ3v) is 3.14. The van der Waals surface area contributed by atoms with Crippen molar-refractivity contribution >= 4 is 18.0 Å². The molecule has 0 aliphatic carbocycles. The summed E-state index contributed by atoms with van der Waals surface area (Å²) in [5.41, 5.74) is 0.0314. The number of ether oxygens (including phenoxy) is 1. The van der Waals surface area contributed by atoms with E-state index < -0.39 is 23.6 Å². The van der Waals surface area contributed by atoms with Gasteiger partial charge in [-0.3, -0.25) is 9.59 Å². The molecule has 0 saturated carbocycles. The van der Waals surface area contributed by atoms with E-state index in [1.807, 2.05) is 20.8 Å². The molecular weight excluding hydrogens is 284 g/mol. The van der Waals surface area contributed by atoms with Gasteiger partial charge in [-0.1, -0.05) is 12.1 Å². The zero-order valence-corrected chi connectivity index (χ0v) is 13.7. The highest BCUT2D eigenvalue weighted by Crippen LogP contribution is 2.28. The van der Waals surface area contributed by atoms with Crippen LogP contribution in [-0.2, 0) is 9.59 Å². The van der Waals surface area contributed by atoms with Gasteiger partial charge < -0.3 is 20.1 Å². The number of nitrogens with one attached hydrogen (secondary N) is 1. The van der Waals surface area contributed by atoms with Crippen molar-refractivity contribution < 1.29 is 19.4 Å². The van der Waals surface area contributed by atoms with E-state index in [2.05, 4.69) is 5.32 Å². The van der Waals surface area contributed by atoms with E-state index in [1.54, 1.807) is 31.2 Å². The molecule has 0 spiro atoms. The van der Waals surface area contributed by atoms with Crippen LogP contribution in [0.4, 0.5) is 5.69 Å². The van der Waals surface area contributed by atoms with E-state index in [1.165, 1.54) is 12.0 Å². The number of nitrogens with zero attached hydrogens (tertiary/aromatic N) is 1. The van der Waals surface area contributed by atoms with Crippen molar-refractivity contribution in [2.75, 3.05) is 12.0 Å². The lowest BCUT2D eigenvalue weighted by Gasteiger charge is -2.31. The van der Waals surface area contributed by atoms with E-state index in [0.717, 1.165) is 0 Å². The summed E-state index contributed by atoms with van der Waals surface area (Å²) in [4.78, 5) is 24.8. The number of para-hydroxylation sites is 2. The topological polar surface area (TPSA) is 78.9 Å². The molecule has 22 heavy (non-hydrogen) atoms. The smallest absolute Gasteiger partial charge is 0.251 e. The Balaban J connectivity index is 2.99. The molecule has 0 aliphatic heterocycles. The largest absolute Gasteiger partial charge is 0.495 e. The van der Waals surface area contributed by atoms with Crippen LogP contribution in [0.1, 0.15) is 27.7 Å². The molecule has 1 aromatic carbocycles. The number of carbonyl (C=O) groups is 2. The molecule has 2 amide bonds. The maximum absolute atomic E-state index is 12.1. The van der Waals surface area contributed by atoms with Gasteiger partial charge in [0, 0.05) is 5.54 Å². The van der Waals surface area contributed by atoms with Gasteiger partial charge in [-0.15, -0.1) is 0 Å². The molecule has 122 valence electrons. The maximum Gasteiger partial charge on any atom is 0.251 e. The molecule has 1 aromatic rings. The highest BCUT2D eigenvalue weighted by atomic mass is 16.5. The molecule has 0 radical (unpaired) electrons. The number of hydrogen-bond donors (Lipinski definition) is 2. The Hall–Kier alpha value is -2.08. The third-order valence-electron chi connectivity index (χ3n) is 3.14. The average molecular weight is 308 g/mol. The van der Waals surface area contributed by atoms with Crippen LogP contribution < -0.4 is 15.0 Å². The zero-order valence-electron chi connectivity index (χ0n) is 13.7. The van der Waals surface area contributed by atoms with Gasteiger partial charge in [-0.05, 0) is 39.8 Å². The molecular formula is C16H24N2O4. The second kappa shape index (κ2) is 7.26. The van der Waals surface area contributed by atoms with E-state index in [0.29, 0.717) is 17.8 Å².